The standard InChI is InChI=1S/C17H22N2O7S2/c1-12-11-27(22,23)19(16(12)20)14-3-5-15(6-4-14)28(24,25)18-9-7-13(8-10-18)17(21)26-2/h3-6,12-13H,7-11H2,1-2H3/t12-/m1/s1. The van der Waals surface area contributed by atoms with Gasteiger partial charge in [-0.2, -0.15) is 4.31 Å². The quantitative estimate of drug-likeness (QED) is 0.641. The number of carbonyl (C=O) groups is 2. The molecular weight excluding hydrogens is 408 g/mol. The maximum absolute atomic E-state index is 12.8. The molecule has 11 heteroatoms. The van der Waals surface area contributed by atoms with Gasteiger partial charge in [-0.1, -0.05) is 6.92 Å². The molecule has 9 nitrogen and oxygen atoms in total. The highest BCUT2D eigenvalue weighted by Gasteiger charge is 2.42. The van der Waals surface area contributed by atoms with Crippen molar-refractivity contribution in [3.8, 4) is 0 Å². The fraction of sp³-hybridized carbons (Fsp3) is 0.529. The maximum Gasteiger partial charge on any atom is 0.308 e. The topological polar surface area (TPSA) is 118 Å². The largest absolute Gasteiger partial charge is 0.469 e. The van der Waals surface area contributed by atoms with E-state index >= 15 is 0 Å². The van der Waals surface area contributed by atoms with Crippen LogP contribution >= 0.6 is 0 Å². The number of anilines is 1. The number of ether oxygens (including phenoxy) is 1. The summed E-state index contributed by atoms with van der Waals surface area (Å²) >= 11 is 0. The molecule has 0 bridgehead atoms. The fourth-order valence-corrected chi connectivity index (χ4v) is 6.78. The molecule has 1 aromatic carbocycles. The van der Waals surface area contributed by atoms with Gasteiger partial charge >= 0.3 is 5.97 Å². The van der Waals surface area contributed by atoms with Crippen molar-refractivity contribution in [1.29, 1.82) is 0 Å². The van der Waals surface area contributed by atoms with E-state index in [1.54, 1.807) is 0 Å². The monoisotopic (exact) mass is 430 g/mol. The third-order valence-corrected chi connectivity index (χ3v) is 8.84. The lowest BCUT2D eigenvalue weighted by molar-refractivity contribution is -0.146. The number of hydrogen-bond acceptors (Lipinski definition) is 7. The first-order valence-electron chi connectivity index (χ1n) is 8.83. The summed E-state index contributed by atoms with van der Waals surface area (Å²) in [6, 6.07) is 5.23. The van der Waals surface area contributed by atoms with Crippen LogP contribution in [0.3, 0.4) is 0 Å². The molecule has 0 aliphatic carbocycles. The molecule has 1 atom stereocenters. The Hall–Kier alpha value is -1.98. The Kier molecular flexibility index (Phi) is 5.52. The van der Waals surface area contributed by atoms with E-state index in [-0.39, 0.29) is 41.3 Å². The molecule has 1 aromatic rings. The number of sulfonamides is 2. The molecule has 2 aliphatic heterocycles. The zero-order valence-electron chi connectivity index (χ0n) is 15.6. The van der Waals surface area contributed by atoms with Gasteiger partial charge in [0.05, 0.1) is 35.3 Å². The van der Waals surface area contributed by atoms with Crippen LogP contribution in [0.1, 0.15) is 19.8 Å². The molecule has 0 radical (unpaired) electrons. The van der Waals surface area contributed by atoms with Gasteiger partial charge in [0.15, 0.2) is 0 Å². The van der Waals surface area contributed by atoms with Crippen molar-refractivity contribution in [3.05, 3.63) is 24.3 Å². The molecular formula is C17H22N2O7S2. The van der Waals surface area contributed by atoms with Crippen LogP contribution in [-0.4, -0.2) is 59.0 Å². The lowest BCUT2D eigenvalue weighted by Crippen LogP contribution is -2.40. The summed E-state index contributed by atoms with van der Waals surface area (Å²) in [5, 5.41) is 0. The van der Waals surface area contributed by atoms with Crippen LogP contribution in [0.5, 0.6) is 0 Å². The first-order chi connectivity index (χ1) is 13.1. The van der Waals surface area contributed by atoms with Gasteiger partial charge in [0.25, 0.3) is 0 Å². The van der Waals surface area contributed by atoms with Crippen LogP contribution in [0, 0.1) is 11.8 Å². The molecule has 0 spiro atoms. The molecule has 154 valence electrons. The number of methoxy groups -OCH3 is 1. The number of carbonyl (C=O) groups excluding carboxylic acids is 2. The van der Waals surface area contributed by atoms with Crippen molar-refractivity contribution in [2.45, 2.75) is 24.7 Å². The summed E-state index contributed by atoms with van der Waals surface area (Å²) < 4.78 is 56.7. The molecule has 0 N–H and O–H groups in total. The Morgan fingerprint density at radius 3 is 2.18 bits per heavy atom. The minimum atomic E-state index is -3.78. The summed E-state index contributed by atoms with van der Waals surface area (Å²) in [6.07, 6.45) is 0.755. The molecule has 0 unspecified atom stereocenters. The highest BCUT2D eigenvalue weighted by atomic mass is 32.2. The molecule has 2 aliphatic rings. The van der Waals surface area contributed by atoms with Crippen LogP contribution in [0.15, 0.2) is 29.2 Å². The Labute approximate surface area is 164 Å². The van der Waals surface area contributed by atoms with E-state index in [1.165, 1.54) is 42.6 Å². The second kappa shape index (κ2) is 7.45. The Bertz CT molecular complexity index is 979. The van der Waals surface area contributed by atoms with Crippen LogP contribution in [0.2, 0.25) is 0 Å². The van der Waals surface area contributed by atoms with E-state index in [9.17, 15) is 26.4 Å². The van der Waals surface area contributed by atoms with Crippen LogP contribution in [0.25, 0.3) is 0 Å². The van der Waals surface area contributed by atoms with Crippen molar-refractivity contribution in [2.24, 2.45) is 11.8 Å². The lowest BCUT2D eigenvalue weighted by atomic mass is 9.99. The number of piperidine rings is 1. The van der Waals surface area contributed by atoms with Gasteiger partial charge < -0.3 is 4.74 Å². The first kappa shape index (κ1) is 20.7. The third-order valence-electron chi connectivity index (χ3n) is 5.06. The number of hydrogen-bond donors (Lipinski definition) is 0. The lowest BCUT2D eigenvalue weighted by Gasteiger charge is -2.30. The molecule has 0 aromatic heterocycles. The average Bonchev–Trinajstić information content (AvgIpc) is 2.88. The van der Waals surface area contributed by atoms with Crippen molar-refractivity contribution >= 4 is 37.6 Å². The molecule has 28 heavy (non-hydrogen) atoms. The minimum absolute atomic E-state index is 0.00450. The zero-order valence-corrected chi connectivity index (χ0v) is 17.2. The van der Waals surface area contributed by atoms with Gasteiger partial charge in [-0.05, 0) is 37.1 Å². The Morgan fingerprint density at radius 1 is 1.14 bits per heavy atom. The van der Waals surface area contributed by atoms with Gasteiger partial charge in [-0.15, -0.1) is 0 Å². The van der Waals surface area contributed by atoms with E-state index in [4.69, 9.17) is 4.74 Å². The maximum atomic E-state index is 12.8. The zero-order chi connectivity index (χ0) is 20.7. The fourth-order valence-electron chi connectivity index (χ4n) is 3.49. The number of esters is 1. The van der Waals surface area contributed by atoms with Gasteiger partial charge in [-0.25, -0.2) is 21.1 Å². The second-order valence-corrected chi connectivity index (χ2v) is 10.8. The van der Waals surface area contributed by atoms with Gasteiger partial charge in [0, 0.05) is 13.1 Å². The van der Waals surface area contributed by atoms with E-state index in [2.05, 4.69) is 0 Å². The van der Waals surface area contributed by atoms with Crippen molar-refractivity contribution in [1.82, 2.24) is 4.31 Å². The van der Waals surface area contributed by atoms with E-state index in [1.807, 2.05) is 0 Å². The molecule has 2 saturated heterocycles. The SMILES string of the molecule is COC(=O)C1CCN(S(=O)(=O)c2ccc(N3C(=O)[C@H](C)CS3(=O)=O)cc2)CC1. The molecule has 2 heterocycles. The summed E-state index contributed by atoms with van der Waals surface area (Å²) in [5.74, 6) is -2.08. The van der Waals surface area contributed by atoms with Crippen molar-refractivity contribution in [2.75, 3.05) is 30.3 Å². The number of nitrogens with zero attached hydrogens (tertiary/aromatic N) is 2. The summed E-state index contributed by atoms with van der Waals surface area (Å²) in [6.45, 7) is 1.93. The smallest absolute Gasteiger partial charge is 0.308 e. The highest BCUT2D eigenvalue weighted by Crippen LogP contribution is 2.30. The minimum Gasteiger partial charge on any atom is -0.469 e. The average molecular weight is 431 g/mol. The van der Waals surface area contributed by atoms with E-state index < -0.39 is 31.9 Å². The molecule has 1 amide bonds. The molecule has 3 rings (SSSR count). The van der Waals surface area contributed by atoms with Gasteiger partial charge in [0.2, 0.25) is 26.0 Å². The Morgan fingerprint density at radius 2 is 1.71 bits per heavy atom. The van der Waals surface area contributed by atoms with Crippen LogP contribution in [0.4, 0.5) is 5.69 Å². The third kappa shape index (κ3) is 3.65. The van der Waals surface area contributed by atoms with E-state index in [0.29, 0.717) is 12.8 Å². The van der Waals surface area contributed by atoms with Crippen molar-refractivity contribution < 1.29 is 31.2 Å². The van der Waals surface area contributed by atoms with Gasteiger partial charge in [0.1, 0.15) is 0 Å². The predicted octanol–water partition coefficient (Wildman–Crippen LogP) is 0.573. The first-order valence-corrected chi connectivity index (χ1v) is 11.9. The van der Waals surface area contributed by atoms with Crippen LogP contribution < -0.4 is 4.31 Å². The number of amides is 1. The summed E-state index contributed by atoms with van der Waals surface area (Å²) in [4.78, 5) is 23.7. The highest BCUT2D eigenvalue weighted by molar-refractivity contribution is 7.94. The van der Waals surface area contributed by atoms with E-state index in [0.717, 1.165) is 4.31 Å². The number of rotatable bonds is 4. The molecule has 2 fully saturated rings. The summed E-state index contributed by atoms with van der Waals surface area (Å²) in [5.41, 5.74) is 0.123. The Balaban J connectivity index is 1.78. The van der Waals surface area contributed by atoms with Crippen molar-refractivity contribution in [3.63, 3.8) is 0 Å². The second-order valence-electron chi connectivity index (χ2n) is 6.98. The van der Waals surface area contributed by atoms with Crippen LogP contribution in [-0.2, 0) is 34.4 Å². The normalized spacial score (nSPS) is 23.7. The predicted molar refractivity (Wildman–Crippen MR) is 100 cm³/mol. The number of benzene rings is 1. The van der Waals surface area contributed by atoms with Gasteiger partial charge in [-0.3, -0.25) is 9.59 Å². The summed E-state index contributed by atoms with van der Waals surface area (Å²) in [7, 11) is -6.22. The molecule has 0 saturated carbocycles.